The van der Waals surface area contributed by atoms with Crippen molar-refractivity contribution in [3.05, 3.63) is 230 Å². The van der Waals surface area contributed by atoms with Crippen LogP contribution in [0.4, 0.5) is 87.8 Å². The molecule has 0 aliphatic heterocycles. The van der Waals surface area contributed by atoms with Gasteiger partial charge in [-0.25, -0.2) is 87.8 Å². The van der Waals surface area contributed by atoms with Crippen molar-refractivity contribution in [1.82, 2.24) is 0 Å². The summed E-state index contributed by atoms with van der Waals surface area (Å²) >= 11 is 0. The minimum atomic E-state index is -7.22. The number of benzene rings is 7. The van der Waals surface area contributed by atoms with Gasteiger partial charge in [-0.2, -0.15) is 4.57 Å². The molecule has 7 aromatic carbocycles. The van der Waals surface area contributed by atoms with Crippen molar-refractivity contribution in [3.8, 4) is 0 Å². The van der Waals surface area contributed by atoms with Gasteiger partial charge in [0.25, 0.3) is 0 Å². The van der Waals surface area contributed by atoms with Crippen molar-refractivity contribution in [2.75, 3.05) is 0 Å². The van der Waals surface area contributed by atoms with Gasteiger partial charge in [0.2, 0.25) is 0 Å². The molecule has 8 rings (SSSR count). The maximum Gasteiger partial charge on any atom is 0.200 e. The van der Waals surface area contributed by atoms with Gasteiger partial charge in [0.15, 0.2) is 88.2 Å². The summed E-state index contributed by atoms with van der Waals surface area (Å²) in [6, 6.07) is 32.2. The lowest BCUT2D eigenvalue weighted by atomic mass is 9.12. The number of hydrogen-bond donors (Lipinski definition) is 0. The Kier molecular flexibility index (Phi) is 13.6. The molecule has 1 heterocycles. The minimum absolute atomic E-state index is 0.897. The molecule has 8 aromatic rings. The number of aromatic nitrogens is 1. The zero-order valence-electron chi connectivity index (χ0n) is 33.7. The first-order chi connectivity index (χ1) is 32.6. The largest absolute Gasteiger partial charge is 0.207 e. The van der Waals surface area contributed by atoms with Crippen molar-refractivity contribution < 1.29 is 92.4 Å². The third-order valence-corrected chi connectivity index (χ3v) is 11.2. The van der Waals surface area contributed by atoms with E-state index in [9.17, 15) is 52.7 Å². The molecule has 0 N–H and O–H groups in total. The van der Waals surface area contributed by atoms with E-state index in [-0.39, 0.29) is 0 Å². The summed E-state index contributed by atoms with van der Waals surface area (Å²) < 4.78 is 296. The molecule has 0 saturated carbocycles. The molecule has 0 bridgehead atoms. The Hall–Kier alpha value is -7.39. The van der Waals surface area contributed by atoms with E-state index in [0.717, 1.165) is 13.0 Å². The number of fused-ring (bicyclic) bond motifs is 1. The van der Waals surface area contributed by atoms with Crippen LogP contribution in [0.1, 0.15) is 16.8 Å². The highest BCUT2D eigenvalue weighted by Gasteiger charge is 2.52. The summed E-state index contributed by atoms with van der Waals surface area (Å²) in [4.78, 5) is 0. The summed E-state index contributed by atoms with van der Waals surface area (Å²) in [7, 11) is 0. The van der Waals surface area contributed by atoms with E-state index in [4.69, 9.17) is 0 Å². The van der Waals surface area contributed by atoms with Gasteiger partial charge < -0.3 is 0 Å². The van der Waals surface area contributed by atoms with Crippen molar-refractivity contribution in [1.29, 1.82) is 0 Å². The number of rotatable bonds is 8. The summed E-state index contributed by atoms with van der Waals surface area (Å²) in [5.74, 6) is -71.4. The molecule has 0 fully saturated rings. The van der Waals surface area contributed by atoms with Crippen LogP contribution in [0, 0.1) is 116 Å². The van der Waals surface area contributed by atoms with E-state index in [1.54, 1.807) is 0 Å². The molecular formula is C47H20BF20N. The molecule has 1 aromatic heterocycles. The van der Waals surface area contributed by atoms with Gasteiger partial charge >= 0.3 is 0 Å². The van der Waals surface area contributed by atoms with Crippen LogP contribution in [-0.2, 0) is 13.0 Å². The van der Waals surface area contributed by atoms with Gasteiger partial charge in [0.05, 0.1) is 6.42 Å². The molecule has 0 atom stereocenters. The van der Waals surface area contributed by atoms with E-state index in [0.29, 0.717) is 0 Å². The number of halogens is 20. The van der Waals surface area contributed by atoms with E-state index >= 15 is 35.1 Å². The Morgan fingerprint density at radius 1 is 0.290 bits per heavy atom. The Labute approximate surface area is 374 Å². The summed E-state index contributed by atoms with van der Waals surface area (Å²) in [6.07, 6.45) is -4.06. The second-order valence-electron chi connectivity index (χ2n) is 14.9. The monoisotopic (exact) mass is 989 g/mol. The predicted molar refractivity (Wildman–Crippen MR) is 208 cm³/mol. The molecule has 0 radical (unpaired) electrons. The lowest BCUT2D eigenvalue weighted by molar-refractivity contribution is -0.693. The second-order valence-corrected chi connectivity index (χ2v) is 14.9. The van der Waals surface area contributed by atoms with Crippen molar-refractivity contribution in [2.45, 2.75) is 13.0 Å². The van der Waals surface area contributed by atoms with Crippen LogP contribution in [0.3, 0.4) is 0 Å². The number of nitrogens with zero attached hydrogens (tertiary/aromatic N) is 1. The summed E-state index contributed by atoms with van der Waals surface area (Å²) in [5.41, 5.74) is -10.3. The molecule has 22 heteroatoms. The standard InChI is InChI=1S/C24BF20.C23H20N/c26-5-1(6(27)14(35)21(42)13(5)34)25(2-7(28)15(36)22(43)16(37)8(2)29,3-9(30)17(38)23(44)18(39)10(3)31)4-11(32)19(40)24(45)20(41)12(4)33;1-3-9-19(10-4-1)17-23-22-14-8-7-13-21(22)15-16-24(23)18-20-11-5-2-6-12-20/h;1-16H,17-18H2/q-1;+1. The summed E-state index contributed by atoms with van der Waals surface area (Å²) in [5, 5.41) is 2.63. The highest BCUT2D eigenvalue weighted by Crippen LogP contribution is 2.31. The van der Waals surface area contributed by atoms with E-state index in [2.05, 4.69) is 102 Å². The molecule has 69 heavy (non-hydrogen) atoms. The highest BCUT2D eigenvalue weighted by molar-refractivity contribution is 7.20. The fourth-order valence-corrected chi connectivity index (χ4v) is 8.11. The zero-order valence-corrected chi connectivity index (χ0v) is 33.7. The van der Waals surface area contributed by atoms with Crippen LogP contribution in [0.25, 0.3) is 10.8 Å². The third kappa shape index (κ3) is 8.07. The fraction of sp³-hybridized carbons (Fsp3) is 0.0426. The zero-order chi connectivity index (χ0) is 50.5. The average Bonchev–Trinajstić information content (AvgIpc) is 3.35. The second kappa shape index (κ2) is 19.0. The molecule has 0 saturated heterocycles. The smallest absolute Gasteiger partial charge is 0.200 e. The van der Waals surface area contributed by atoms with Crippen LogP contribution < -0.4 is 26.4 Å². The Bertz CT molecular complexity index is 2950. The van der Waals surface area contributed by atoms with Crippen LogP contribution >= 0.6 is 0 Å². The maximum absolute atomic E-state index is 15.4. The van der Waals surface area contributed by atoms with Crippen LogP contribution in [-0.4, -0.2) is 6.15 Å². The minimum Gasteiger partial charge on any atom is -0.207 e. The van der Waals surface area contributed by atoms with Gasteiger partial charge in [-0.3, -0.25) is 0 Å². The van der Waals surface area contributed by atoms with E-state index in [1.807, 2.05) is 0 Å². The Morgan fingerprint density at radius 3 is 0.899 bits per heavy atom. The SMILES string of the molecule is Fc1c(F)c(F)c([B-](c2c(F)c(F)c(F)c(F)c2F)(c2c(F)c(F)c(F)c(F)c2F)c2c(F)c(F)c(F)c(F)c2F)c(F)c1F.c1ccc(Cc2c3ccccc3cc[n+]2Cc2ccccc2)cc1. The molecule has 0 aliphatic carbocycles. The Morgan fingerprint density at radius 2 is 0.565 bits per heavy atom. The van der Waals surface area contributed by atoms with E-state index in [1.165, 1.54) is 27.6 Å². The van der Waals surface area contributed by atoms with Crippen LogP contribution in [0.15, 0.2) is 97.2 Å². The first-order valence-electron chi connectivity index (χ1n) is 19.3. The van der Waals surface area contributed by atoms with Crippen LogP contribution in [0.2, 0.25) is 0 Å². The van der Waals surface area contributed by atoms with Crippen molar-refractivity contribution in [2.24, 2.45) is 0 Å². The Balaban J connectivity index is 0.000000244. The lowest BCUT2D eigenvalue weighted by Crippen LogP contribution is -2.81. The molecule has 0 unspecified atom stereocenters. The molecule has 1 nitrogen and oxygen atoms in total. The third-order valence-electron chi connectivity index (χ3n) is 11.2. The van der Waals surface area contributed by atoms with Gasteiger partial charge in [0.1, 0.15) is 52.7 Å². The molecule has 0 amide bonds. The molecule has 0 aliphatic rings. The maximum atomic E-state index is 15.4. The summed E-state index contributed by atoms with van der Waals surface area (Å²) in [6.45, 7) is 0.897. The number of pyridine rings is 1. The highest BCUT2D eigenvalue weighted by atomic mass is 19.2. The van der Waals surface area contributed by atoms with Crippen LogP contribution in [0.5, 0.6) is 0 Å². The topological polar surface area (TPSA) is 3.88 Å². The van der Waals surface area contributed by atoms with Crippen molar-refractivity contribution in [3.63, 3.8) is 0 Å². The van der Waals surface area contributed by atoms with Crippen molar-refractivity contribution >= 4 is 38.8 Å². The molecule has 0 spiro atoms. The normalized spacial score (nSPS) is 11.6. The first kappa shape index (κ1) is 49.5. The fourth-order valence-electron chi connectivity index (χ4n) is 8.11. The average molecular weight is 989 g/mol. The van der Waals surface area contributed by atoms with Gasteiger partial charge in [-0.05, 0) is 17.0 Å². The molecular weight excluding hydrogens is 969 g/mol. The number of hydrogen-bond acceptors (Lipinski definition) is 0. The quantitative estimate of drug-likeness (QED) is 0.0470. The first-order valence-corrected chi connectivity index (χ1v) is 19.3. The van der Waals surface area contributed by atoms with E-state index < -0.39 is 144 Å². The van der Waals surface area contributed by atoms with Gasteiger partial charge in [-0.15, -0.1) is 21.9 Å². The van der Waals surface area contributed by atoms with Gasteiger partial charge in [0, 0.05) is 17.0 Å². The lowest BCUT2D eigenvalue weighted by Gasteiger charge is -2.44. The predicted octanol–water partition coefficient (Wildman–Crippen LogP) is 10.6. The van der Waals surface area contributed by atoms with Gasteiger partial charge in [-0.1, -0.05) is 78.9 Å². The molecule has 356 valence electrons.